The summed E-state index contributed by atoms with van der Waals surface area (Å²) in [7, 11) is 1.47. The van der Waals surface area contributed by atoms with E-state index in [2.05, 4.69) is 10.3 Å². The molecular weight excluding hydrogens is 132 g/mol. The van der Waals surface area contributed by atoms with Crippen LogP contribution in [-0.4, -0.2) is 19.0 Å². The average molecular weight is 139 g/mol. The Morgan fingerprint density at radius 2 is 2.30 bits per heavy atom. The number of ether oxygens (including phenoxy) is 1. The lowest BCUT2D eigenvalue weighted by atomic mass is 10.3. The molecule has 0 fully saturated rings. The SMILES string of the molecule is COC1=NC(=O)[N]C=C1C. The quantitative estimate of drug-likeness (QED) is 0.495. The first-order valence-corrected chi connectivity index (χ1v) is 2.78. The highest BCUT2D eigenvalue weighted by Gasteiger charge is 2.11. The van der Waals surface area contributed by atoms with E-state index in [-0.39, 0.29) is 0 Å². The standard InChI is InChI=1S/C6H7N2O2/c1-4-3-7-6(9)8-5(4)10-2/h3H,1-2H3. The molecule has 0 N–H and O–H groups in total. The lowest BCUT2D eigenvalue weighted by Gasteiger charge is -2.06. The number of nitrogens with zero attached hydrogens (tertiary/aromatic N) is 2. The molecule has 0 aromatic heterocycles. The van der Waals surface area contributed by atoms with Crippen molar-refractivity contribution in [2.45, 2.75) is 6.92 Å². The minimum Gasteiger partial charge on any atom is -0.481 e. The molecule has 1 heterocycles. The van der Waals surface area contributed by atoms with Crippen LogP contribution in [0.4, 0.5) is 4.79 Å². The molecule has 0 saturated heterocycles. The summed E-state index contributed by atoms with van der Waals surface area (Å²) < 4.78 is 4.77. The molecule has 1 radical (unpaired) electrons. The Bertz CT molecular complexity index is 218. The molecule has 0 aromatic carbocycles. The first-order chi connectivity index (χ1) is 4.74. The van der Waals surface area contributed by atoms with Crippen molar-refractivity contribution in [1.29, 1.82) is 0 Å². The molecular formula is C6H7N2O2. The van der Waals surface area contributed by atoms with Crippen molar-refractivity contribution in [3.63, 3.8) is 0 Å². The Kier molecular flexibility index (Phi) is 1.71. The van der Waals surface area contributed by atoms with Crippen LogP contribution in [-0.2, 0) is 4.74 Å². The lowest BCUT2D eigenvalue weighted by Crippen LogP contribution is -2.17. The van der Waals surface area contributed by atoms with Crippen LogP contribution < -0.4 is 5.32 Å². The Morgan fingerprint density at radius 1 is 1.60 bits per heavy atom. The average Bonchev–Trinajstić information content (AvgIpc) is 1.94. The highest BCUT2D eigenvalue weighted by atomic mass is 16.5. The summed E-state index contributed by atoms with van der Waals surface area (Å²) in [6, 6.07) is -0.512. The maximum atomic E-state index is 10.5. The smallest absolute Gasteiger partial charge is 0.370 e. The van der Waals surface area contributed by atoms with E-state index >= 15 is 0 Å². The van der Waals surface area contributed by atoms with Gasteiger partial charge in [-0.15, -0.1) is 0 Å². The molecule has 0 atom stereocenters. The molecule has 2 amide bonds. The molecule has 0 unspecified atom stereocenters. The Labute approximate surface area is 58.6 Å². The van der Waals surface area contributed by atoms with E-state index in [1.807, 2.05) is 0 Å². The number of aliphatic imine (C=N–C) groups is 1. The zero-order chi connectivity index (χ0) is 7.56. The van der Waals surface area contributed by atoms with E-state index in [1.54, 1.807) is 6.92 Å². The fourth-order valence-electron chi connectivity index (χ4n) is 0.618. The molecule has 1 aliphatic heterocycles. The number of hydrogen-bond donors (Lipinski definition) is 0. The van der Waals surface area contributed by atoms with E-state index in [9.17, 15) is 4.79 Å². The van der Waals surface area contributed by atoms with Gasteiger partial charge in [0.15, 0.2) is 0 Å². The summed E-state index contributed by atoms with van der Waals surface area (Å²) in [5.41, 5.74) is 0.766. The van der Waals surface area contributed by atoms with Crippen LogP contribution in [0.25, 0.3) is 0 Å². The minimum atomic E-state index is -0.512. The van der Waals surface area contributed by atoms with Gasteiger partial charge in [-0.3, -0.25) is 0 Å². The highest BCUT2D eigenvalue weighted by Crippen LogP contribution is 2.02. The Hall–Kier alpha value is -1.32. The van der Waals surface area contributed by atoms with E-state index in [0.29, 0.717) is 5.90 Å². The van der Waals surface area contributed by atoms with Gasteiger partial charge < -0.3 is 4.74 Å². The van der Waals surface area contributed by atoms with Gasteiger partial charge in [0.2, 0.25) is 5.90 Å². The summed E-state index contributed by atoms with van der Waals surface area (Å²) in [6.07, 6.45) is 1.44. The number of hydrogen-bond acceptors (Lipinski definition) is 2. The van der Waals surface area contributed by atoms with Gasteiger partial charge >= 0.3 is 6.03 Å². The maximum Gasteiger partial charge on any atom is 0.370 e. The van der Waals surface area contributed by atoms with E-state index < -0.39 is 6.03 Å². The number of urea groups is 1. The predicted molar refractivity (Wildman–Crippen MR) is 35.7 cm³/mol. The molecule has 0 saturated carbocycles. The van der Waals surface area contributed by atoms with Crippen molar-refractivity contribution in [2.75, 3.05) is 7.11 Å². The second-order valence-corrected chi connectivity index (χ2v) is 1.84. The molecule has 1 aliphatic rings. The third kappa shape index (κ3) is 1.15. The molecule has 1 rings (SSSR count). The molecule has 4 heteroatoms. The fourth-order valence-corrected chi connectivity index (χ4v) is 0.618. The van der Waals surface area contributed by atoms with Crippen LogP contribution in [0.2, 0.25) is 0 Å². The Balaban J connectivity index is 2.84. The van der Waals surface area contributed by atoms with Gasteiger partial charge in [0, 0.05) is 11.8 Å². The summed E-state index contributed by atoms with van der Waals surface area (Å²) in [4.78, 5) is 14.0. The zero-order valence-corrected chi connectivity index (χ0v) is 5.79. The van der Waals surface area contributed by atoms with Crippen molar-refractivity contribution in [3.8, 4) is 0 Å². The summed E-state index contributed by atoms with van der Waals surface area (Å²) in [5.74, 6) is 0.347. The fraction of sp³-hybridized carbons (Fsp3) is 0.333. The van der Waals surface area contributed by atoms with Crippen LogP contribution in [0.1, 0.15) is 6.92 Å². The highest BCUT2D eigenvalue weighted by molar-refractivity contribution is 6.02. The third-order valence-electron chi connectivity index (χ3n) is 1.10. The third-order valence-corrected chi connectivity index (χ3v) is 1.10. The molecule has 53 valence electrons. The van der Waals surface area contributed by atoms with Gasteiger partial charge in [-0.25, -0.2) is 4.79 Å². The van der Waals surface area contributed by atoms with Crippen LogP contribution in [0.5, 0.6) is 0 Å². The number of carbonyl (C=O) groups is 1. The second kappa shape index (κ2) is 2.51. The molecule has 0 spiro atoms. The monoisotopic (exact) mass is 139 g/mol. The number of methoxy groups -OCH3 is 1. The van der Waals surface area contributed by atoms with Gasteiger partial charge in [0.05, 0.1) is 7.11 Å². The van der Waals surface area contributed by atoms with Crippen LogP contribution in [0.15, 0.2) is 16.8 Å². The van der Waals surface area contributed by atoms with Gasteiger partial charge in [0.25, 0.3) is 0 Å². The summed E-state index contributed by atoms with van der Waals surface area (Å²) in [6.45, 7) is 1.78. The van der Waals surface area contributed by atoms with Gasteiger partial charge in [-0.05, 0) is 6.92 Å². The van der Waals surface area contributed by atoms with Crippen LogP contribution in [0, 0.1) is 0 Å². The first-order valence-electron chi connectivity index (χ1n) is 2.78. The van der Waals surface area contributed by atoms with Crippen molar-refractivity contribution in [3.05, 3.63) is 11.8 Å². The summed E-state index contributed by atoms with van der Waals surface area (Å²) in [5, 5.41) is 3.44. The second-order valence-electron chi connectivity index (χ2n) is 1.84. The Morgan fingerprint density at radius 3 is 2.80 bits per heavy atom. The topological polar surface area (TPSA) is 52.8 Å². The van der Waals surface area contributed by atoms with Crippen LogP contribution in [0.3, 0.4) is 0 Å². The predicted octanol–water partition coefficient (Wildman–Crippen LogP) is 0.673. The maximum absolute atomic E-state index is 10.5. The molecule has 10 heavy (non-hydrogen) atoms. The molecule has 0 bridgehead atoms. The van der Waals surface area contributed by atoms with Crippen molar-refractivity contribution >= 4 is 11.9 Å². The van der Waals surface area contributed by atoms with Crippen LogP contribution >= 0.6 is 0 Å². The van der Waals surface area contributed by atoms with Crippen molar-refractivity contribution < 1.29 is 9.53 Å². The van der Waals surface area contributed by atoms with Crippen molar-refractivity contribution in [2.24, 2.45) is 4.99 Å². The van der Waals surface area contributed by atoms with Crippen molar-refractivity contribution in [1.82, 2.24) is 5.32 Å². The van der Waals surface area contributed by atoms with E-state index in [1.165, 1.54) is 13.3 Å². The molecule has 4 nitrogen and oxygen atoms in total. The van der Waals surface area contributed by atoms with Gasteiger partial charge in [-0.1, -0.05) is 0 Å². The largest absolute Gasteiger partial charge is 0.481 e. The first kappa shape index (κ1) is 6.80. The molecule has 0 aromatic rings. The van der Waals surface area contributed by atoms with Gasteiger partial charge in [0.1, 0.15) is 0 Å². The summed E-state index contributed by atoms with van der Waals surface area (Å²) >= 11 is 0. The zero-order valence-electron chi connectivity index (χ0n) is 5.79. The number of amides is 2. The molecule has 0 aliphatic carbocycles. The van der Waals surface area contributed by atoms with E-state index in [4.69, 9.17) is 4.74 Å². The number of rotatable bonds is 0. The minimum absolute atomic E-state index is 0.347. The van der Waals surface area contributed by atoms with Gasteiger partial charge in [-0.2, -0.15) is 10.3 Å². The normalized spacial score (nSPS) is 17.2. The number of carbonyl (C=O) groups excluding carboxylic acids is 1. The van der Waals surface area contributed by atoms with E-state index in [0.717, 1.165) is 5.57 Å². The lowest BCUT2D eigenvalue weighted by molar-refractivity contribution is 0.250.